The van der Waals surface area contributed by atoms with Gasteiger partial charge in [0.15, 0.2) is 5.13 Å². The molecule has 0 fully saturated rings. The number of rotatable bonds is 9. The van der Waals surface area contributed by atoms with E-state index in [0.717, 1.165) is 28.1 Å². The smallest absolute Gasteiger partial charge is 0.308 e. The Bertz CT molecular complexity index is 1050. The summed E-state index contributed by atoms with van der Waals surface area (Å²) in [6.45, 7) is 4.54. The van der Waals surface area contributed by atoms with E-state index in [2.05, 4.69) is 24.1 Å². The zero-order valence-electron chi connectivity index (χ0n) is 17.2. The first-order valence-electron chi connectivity index (χ1n) is 9.85. The first kappa shape index (κ1) is 23.3. The Labute approximate surface area is 195 Å². The number of aromatic nitrogens is 2. The van der Waals surface area contributed by atoms with Crippen molar-refractivity contribution in [2.24, 2.45) is 11.8 Å². The van der Waals surface area contributed by atoms with Crippen molar-refractivity contribution in [2.75, 3.05) is 17.6 Å². The van der Waals surface area contributed by atoms with Crippen molar-refractivity contribution in [3.8, 4) is 11.3 Å². The van der Waals surface area contributed by atoms with Crippen molar-refractivity contribution in [1.29, 1.82) is 0 Å². The third-order valence-corrected chi connectivity index (χ3v) is 6.44. The summed E-state index contributed by atoms with van der Waals surface area (Å²) in [5.41, 5.74) is 8.15. The maximum atomic E-state index is 11.8. The Morgan fingerprint density at radius 3 is 2.58 bits per heavy atom. The molecule has 0 saturated carbocycles. The minimum absolute atomic E-state index is 0.245. The molecule has 0 radical (unpaired) electrons. The molecule has 1 aromatic carbocycles. The van der Waals surface area contributed by atoms with E-state index in [1.165, 1.54) is 11.3 Å². The van der Waals surface area contributed by atoms with Crippen molar-refractivity contribution < 1.29 is 9.90 Å². The summed E-state index contributed by atoms with van der Waals surface area (Å²) in [4.78, 5) is 21.7. The summed E-state index contributed by atoms with van der Waals surface area (Å²) in [5.74, 6) is -0.659. The van der Waals surface area contributed by atoms with Gasteiger partial charge in [0.25, 0.3) is 0 Å². The fraction of sp³-hybridized carbons (Fsp3) is 0.318. The molecule has 9 heteroatoms. The maximum Gasteiger partial charge on any atom is 0.308 e. The number of halogens is 2. The predicted molar refractivity (Wildman–Crippen MR) is 128 cm³/mol. The standard InChI is InChI=1S/C22H24Cl2N4O2S/c1-12(2)7-18-20(14-4-5-16(23)17(24)9-14)28-22(31-18)27-11-15(21(29)30)8-13-3-6-19(25)26-10-13/h3-6,9-10,12,15H,7-8,11H2,1-2H3,(H2,25,26)(H,27,28)(H,29,30). The van der Waals surface area contributed by atoms with Crippen molar-refractivity contribution in [3.63, 3.8) is 0 Å². The number of nitrogens with zero attached hydrogens (tertiary/aromatic N) is 2. The van der Waals surface area contributed by atoms with Crippen LogP contribution in [0.25, 0.3) is 11.3 Å². The van der Waals surface area contributed by atoms with Gasteiger partial charge < -0.3 is 16.2 Å². The van der Waals surface area contributed by atoms with E-state index in [0.29, 0.717) is 33.3 Å². The predicted octanol–water partition coefficient (Wildman–Crippen LogP) is 5.65. The largest absolute Gasteiger partial charge is 0.481 e. The van der Waals surface area contributed by atoms with E-state index in [4.69, 9.17) is 33.9 Å². The molecule has 1 unspecified atom stereocenters. The normalized spacial score (nSPS) is 12.2. The number of thiazole rings is 1. The number of hydrogen-bond acceptors (Lipinski definition) is 6. The van der Waals surface area contributed by atoms with Crippen LogP contribution < -0.4 is 11.1 Å². The van der Waals surface area contributed by atoms with E-state index in [1.54, 1.807) is 30.5 Å². The Hall–Kier alpha value is -2.35. The van der Waals surface area contributed by atoms with Gasteiger partial charge in [-0.1, -0.05) is 49.2 Å². The summed E-state index contributed by atoms with van der Waals surface area (Å²) in [6.07, 6.45) is 2.81. The van der Waals surface area contributed by atoms with Gasteiger partial charge in [-0.3, -0.25) is 4.79 Å². The van der Waals surface area contributed by atoms with Gasteiger partial charge in [0.2, 0.25) is 0 Å². The van der Waals surface area contributed by atoms with Gasteiger partial charge in [0.05, 0.1) is 21.7 Å². The van der Waals surface area contributed by atoms with Crippen LogP contribution in [0.2, 0.25) is 10.0 Å². The Kier molecular flexibility index (Phi) is 7.75. The number of nitrogens with one attached hydrogen (secondary N) is 1. The Morgan fingerprint density at radius 2 is 1.97 bits per heavy atom. The number of hydrogen-bond donors (Lipinski definition) is 3. The molecule has 0 amide bonds. The quantitative estimate of drug-likeness (QED) is 0.367. The van der Waals surface area contributed by atoms with E-state index in [1.807, 2.05) is 6.07 Å². The van der Waals surface area contributed by atoms with Crippen LogP contribution in [0.1, 0.15) is 24.3 Å². The molecule has 3 aromatic rings. The number of carbonyl (C=O) groups is 1. The van der Waals surface area contributed by atoms with Crippen LogP contribution in [-0.4, -0.2) is 27.6 Å². The minimum Gasteiger partial charge on any atom is -0.481 e. The highest BCUT2D eigenvalue weighted by Gasteiger charge is 2.20. The fourth-order valence-electron chi connectivity index (χ4n) is 3.10. The zero-order chi connectivity index (χ0) is 22.5. The molecule has 3 rings (SSSR count). The lowest BCUT2D eigenvalue weighted by Gasteiger charge is -2.13. The van der Waals surface area contributed by atoms with Crippen molar-refractivity contribution in [1.82, 2.24) is 9.97 Å². The fourth-order valence-corrected chi connectivity index (χ4v) is 4.60. The number of nitrogen functional groups attached to an aromatic ring is 1. The molecular formula is C22H24Cl2N4O2S. The van der Waals surface area contributed by atoms with Crippen molar-refractivity contribution >= 4 is 51.5 Å². The van der Waals surface area contributed by atoms with Crippen LogP contribution in [0.5, 0.6) is 0 Å². The Morgan fingerprint density at radius 1 is 1.19 bits per heavy atom. The molecule has 31 heavy (non-hydrogen) atoms. The van der Waals surface area contributed by atoms with Gasteiger partial charge in [-0.05, 0) is 42.5 Å². The molecule has 164 valence electrons. The molecule has 0 aliphatic rings. The second-order valence-corrected chi connectivity index (χ2v) is 9.63. The molecule has 0 bridgehead atoms. The number of anilines is 2. The number of pyridine rings is 1. The van der Waals surface area contributed by atoms with Crippen molar-refractivity contribution in [2.45, 2.75) is 26.7 Å². The van der Waals surface area contributed by atoms with Gasteiger partial charge >= 0.3 is 5.97 Å². The van der Waals surface area contributed by atoms with Crippen LogP contribution in [0.3, 0.4) is 0 Å². The van der Waals surface area contributed by atoms with Gasteiger partial charge in [0, 0.05) is 23.2 Å². The first-order chi connectivity index (χ1) is 14.7. The summed E-state index contributed by atoms with van der Waals surface area (Å²) in [6, 6.07) is 8.92. The number of nitrogens with two attached hydrogens (primary N) is 1. The SMILES string of the molecule is CC(C)Cc1sc(NCC(Cc2ccc(N)nc2)C(=O)O)nc1-c1ccc(Cl)c(Cl)c1. The molecule has 0 aliphatic heterocycles. The highest BCUT2D eigenvalue weighted by molar-refractivity contribution is 7.16. The summed E-state index contributed by atoms with van der Waals surface area (Å²) in [7, 11) is 0. The highest BCUT2D eigenvalue weighted by Crippen LogP contribution is 2.35. The molecule has 4 N–H and O–H groups in total. The van der Waals surface area contributed by atoms with Crippen LogP contribution in [-0.2, 0) is 17.6 Å². The molecule has 2 aromatic heterocycles. The third-order valence-electron chi connectivity index (χ3n) is 4.66. The minimum atomic E-state index is -0.881. The lowest BCUT2D eigenvalue weighted by Crippen LogP contribution is -2.25. The number of carboxylic acids is 1. The molecule has 0 spiro atoms. The first-order valence-corrected chi connectivity index (χ1v) is 11.4. The van der Waals surface area contributed by atoms with E-state index >= 15 is 0 Å². The average molecular weight is 479 g/mol. The molecule has 1 atom stereocenters. The third kappa shape index (κ3) is 6.32. The maximum absolute atomic E-state index is 11.8. The lowest BCUT2D eigenvalue weighted by atomic mass is 10.0. The van der Waals surface area contributed by atoms with Crippen LogP contribution in [0.15, 0.2) is 36.5 Å². The second-order valence-electron chi connectivity index (χ2n) is 7.73. The van der Waals surface area contributed by atoms with Crippen LogP contribution in [0, 0.1) is 11.8 Å². The summed E-state index contributed by atoms with van der Waals surface area (Å²) >= 11 is 13.8. The topological polar surface area (TPSA) is 101 Å². The van der Waals surface area contributed by atoms with E-state index in [9.17, 15) is 9.90 Å². The van der Waals surface area contributed by atoms with Crippen LogP contribution in [0.4, 0.5) is 10.9 Å². The van der Waals surface area contributed by atoms with Gasteiger partial charge in [-0.15, -0.1) is 11.3 Å². The molecule has 0 saturated heterocycles. The van der Waals surface area contributed by atoms with Gasteiger partial charge in [-0.2, -0.15) is 0 Å². The molecular weight excluding hydrogens is 455 g/mol. The average Bonchev–Trinajstić information content (AvgIpc) is 3.10. The monoisotopic (exact) mass is 478 g/mol. The number of aliphatic carboxylic acids is 1. The molecule has 0 aliphatic carbocycles. The van der Waals surface area contributed by atoms with Gasteiger partial charge in [-0.25, -0.2) is 9.97 Å². The van der Waals surface area contributed by atoms with E-state index < -0.39 is 11.9 Å². The summed E-state index contributed by atoms with van der Waals surface area (Å²) < 4.78 is 0. The zero-order valence-corrected chi connectivity index (χ0v) is 19.6. The van der Waals surface area contributed by atoms with Crippen LogP contribution >= 0.6 is 34.5 Å². The number of carboxylic acid groups (broad SMARTS) is 1. The van der Waals surface area contributed by atoms with Gasteiger partial charge in [0.1, 0.15) is 5.82 Å². The number of benzene rings is 1. The highest BCUT2D eigenvalue weighted by atomic mass is 35.5. The second kappa shape index (κ2) is 10.3. The van der Waals surface area contributed by atoms with Crippen molar-refractivity contribution in [3.05, 3.63) is 57.0 Å². The lowest BCUT2D eigenvalue weighted by molar-refractivity contribution is -0.141. The summed E-state index contributed by atoms with van der Waals surface area (Å²) in [5, 5.41) is 14.5. The molecule has 6 nitrogen and oxygen atoms in total. The molecule has 2 heterocycles. The van der Waals surface area contributed by atoms with E-state index in [-0.39, 0.29) is 6.54 Å². The Balaban J connectivity index is 1.79.